The molecule has 0 saturated carbocycles. The molecular formula is C31H25Cl2N3O3S. The Hall–Kier alpha value is -4.04. The molecule has 0 unspecified atom stereocenters. The molecule has 0 bridgehead atoms. The highest BCUT2D eigenvalue weighted by molar-refractivity contribution is 8.00. The van der Waals surface area contributed by atoms with Gasteiger partial charge in [-0.1, -0.05) is 71.2 Å². The summed E-state index contributed by atoms with van der Waals surface area (Å²) in [6, 6.07) is 28.3. The Labute approximate surface area is 246 Å². The van der Waals surface area contributed by atoms with Crippen LogP contribution in [0.15, 0.2) is 108 Å². The van der Waals surface area contributed by atoms with Gasteiger partial charge in [-0.2, -0.15) is 0 Å². The molecule has 9 heteroatoms. The molecule has 0 radical (unpaired) electrons. The molecule has 0 heterocycles. The van der Waals surface area contributed by atoms with E-state index in [0.29, 0.717) is 27.0 Å². The highest BCUT2D eigenvalue weighted by Gasteiger charge is 2.15. The third kappa shape index (κ3) is 8.48. The lowest BCUT2D eigenvalue weighted by molar-refractivity contribution is -0.114. The van der Waals surface area contributed by atoms with E-state index in [4.69, 9.17) is 23.2 Å². The van der Waals surface area contributed by atoms with Gasteiger partial charge in [-0.3, -0.25) is 14.4 Å². The molecule has 0 aliphatic carbocycles. The third-order valence-electron chi connectivity index (χ3n) is 5.60. The summed E-state index contributed by atoms with van der Waals surface area (Å²) < 4.78 is 0. The number of anilines is 2. The zero-order valence-corrected chi connectivity index (χ0v) is 23.7. The number of hydrogen-bond acceptors (Lipinski definition) is 4. The van der Waals surface area contributed by atoms with Crippen LogP contribution < -0.4 is 16.0 Å². The summed E-state index contributed by atoms with van der Waals surface area (Å²) in [7, 11) is 0. The Balaban J connectivity index is 1.39. The van der Waals surface area contributed by atoms with Gasteiger partial charge >= 0.3 is 0 Å². The largest absolute Gasteiger partial charge is 0.325 e. The van der Waals surface area contributed by atoms with E-state index in [0.717, 1.165) is 16.0 Å². The summed E-state index contributed by atoms with van der Waals surface area (Å²) >= 11 is 13.3. The zero-order chi connectivity index (χ0) is 28.5. The van der Waals surface area contributed by atoms with Gasteiger partial charge in [0.05, 0.1) is 15.8 Å². The first-order valence-electron chi connectivity index (χ1n) is 12.2. The Morgan fingerprint density at radius 2 is 1.45 bits per heavy atom. The number of hydrogen-bond donors (Lipinski definition) is 3. The molecule has 0 atom stereocenters. The Bertz CT molecular complexity index is 1540. The van der Waals surface area contributed by atoms with Crippen LogP contribution in [0, 0.1) is 6.92 Å². The molecule has 6 nitrogen and oxygen atoms in total. The minimum atomic E-state index is -0.466. The minimum absolute atomic E-state index is 0.107. The van der Waals surface area contributed by atoms with E-state index in [2.05, 4.69) is 16.0 Å². The number of thioether (sulfide) groups is 1. The number of carbonyl (C=O) groups excluding carboxylic acids is 3. The zero-order valence-electron chi connectivity index (χ0n) is 21.4. The van der Waals surface area contributed by atoms with Crippen LogP contribution in [0.5, 0.6) is 0 Å². The molecule has 0 aromatic heterocycles. The lowest BCUT2D eigenvalue weighted by Crippen LogP contribution is -2.30. The van der Waals surface area contributed by atoms with E-state index in [9.17, 15) is 14.4 Å². The molecule has 3 amide bonds. The highest BCUT2D eigenvalue weighted by Crippen LogP contribution is 2.26. The number of amides is 3. The van der Waals surface area contributed by atoms with Gasteiger partial charge in [0, 0.05) is 21.8 Å². The fraction of sp³-hybridized carbons (Fsp3) is 0.0645. The van der Waals surface area contributed by atoms with Crippen molar-refractivity contribution in [3.8, 4) is 0 Å². The van der Waals surface area contributed by atoms with Crippen molar-refractivity contribution in [1.29, 1.82) is 0 Å². The number of rotatable bonds is 9. The molecule has 40 heavy (non-hydrogen) atoms. The van der Waals surface area contributed by atoms with Gasteiger partial charge in [-0.05, 0) is 73.2 Å². The van der Waals surface area contributed by atoms with Crippen molar-refractivity contribution >= 4 is 70.1 Å². The lowest BCUT2D eigenvalue weighted by Gasteiger charge is -2.12. The lowest BCUT2D eigenvalue weighted by atomic mass is 10.1. The number of halogens is 2. The summed E-state index contributed by atoms with van der Waals surface area (Å²) in [6.45, 7) is 1.97. The summed E-state index contributed by atoms with van der Waals surface area (Å²) in [5, 5.41) is 9.12. The van der Waals surface area contributed by atoms with Gasteiger partial charge in [0.1, 0.15) is 5.70 Å². The third-order valence-corrected chi connectivity index (χ3v) is 7.35. The second-order valence-electron chi connectivity index (χ2n) is 8.73. The topological polar surface area (TPSA) is 87.3 Å². The van der Waals surface area contributed by atoms with Crippen LogP contribution in [0.1, 0.15) is 21.5 Å². The van der Waals surface area contributed by atoms with E-state index in [1.807, 2.05) is 37.3 Å². The molecule has 202 valence electrons. The molecule has 3 N–H and O–H groups in total. The van der Waals surface area contributed by atoms with Crippen LogP contribution in [0.3, 0.4) is 0 Å². The predicted octanol–water partition coefficient (Wildman–Crippen LogP) is 7.44. The quantitative estimate of drug-likeness (QED) is 0.140. The first-order valence-corrected chi connectivity index (χ1v) is 13.9. The van der Waals surface area contributed by atoms with Crippen LogP contribution >= 0.6 is 35.0 Å². The van der Waals surface area contributed by atoms with Crippen LogP contribution in [0.2, 0.25) is 10.0 Å². The molecule has 0 spiro atoms. The smallest absolute Gasteiger partial charge is 0.272 e. The average Bonchev–Trinajstić information content (AvgIpc) is 2.96. The van der Waals surface area contributed by atoms with Crippen molar-refractivity contribution < 1.29 is 14.4 Å². The predicted molar refractivity (Wildman–Crippen MR) is 164 cm³/mol. The molecule has 0 aliphatic rings. The van der Waals surface area contributed by atoms with Crippen LogP contribution in [0.4, 0.5) is 11.4 Å². The van der Waals surface area contributed by atoms with E-state index in [1.54, 1.807) is 72.8 Å². The Kier molecular flexibility index (Phi) is 10.0. The molecule has 0 fully saturated rings. The van der Waals surface area contributed by atoms with Gasteiger partial charge < -0.3 is 16.0 Å². The molecule has 4 aromatic carbocycles. The second kappa shape index (κ2) is 13.8. The van der Waals surface area contributed by atoms with Crippen molar-refractivity contribution in [2.24, 2.45) is 0 Å². The van der Waals surface area contributed by atoms with Crippen molar-refractivity contribution in [3.63, 3.8) is 0 Å². The first kappa shape index (κ1) is 29.0. The Morgan fingerprint density at radius 3 is 2.12 bits per heavy atom. The summed E-state index contributed by atoms with van der Waals surface area (Å²) in [6.07, 6.45) is 1.63. The normalized spacial score (nSPS) is 11.0. The number of benzene rings is 4. The minimum Gasteiger partial charge on any atom is -0.325 e. The van der Waals surface area contributed by atoms with E-state index >= 15 is 0 Å². The van der Waals surface area contributed by atoms with Crippen LogP contribution in [-0.2, 0) is 9.59 Å². The Morgan fingerprint density at radius 1 is 0.775 bits per heavy atom. The maximum atomic E-state index is 13.2. The van der Waals surface area contributed by atoms with E-state index < -0.39 is 5.91 Å². The summed E-state index contributed by atoms with van der Waals surface area (Å²) in [4.78, 5) is 39.2. The van der Waals surface area contributed by atoms with Crippen LogP contribution in [-0.4, -0.2) is 23.5 Å². The SMILES string of the molecule is Cc1ccc(/C=C(\NC(=O)c2ccccc2)C(=O)Nc2ccc(SCC(=O)Nc3ccc(Cl)c(Cl)c3)cc2)cc1. The summed E-state index contributed by atoms with van der Waals surface area (Å²) in [5.74, 6) is -0.868. The summed E-state index contributed by atoms with van der Waals surface area (Å²) in [5.41, 5.74) is 3.51. The van der Waals surface area contributed by atoms with Gasteiger partial charge in [-0.25, -0.2) is 0 Å². The standard InChI is InChI=1S/C31H25Cl2N3O3S/c1-20-7-9-21(10-8-20)17-28(36-30(38)22-5-3-2-4-6-22)31(39)35-23-11-14-25(15-12-23)40-19-29(37)34-24-13-16-26(32)27(33)18-24/h2-18H,19H2,1H3,(H,34,37)(H,35,39)(H,36,38)/b28-17-. The number of aryl methyl sites for hydroxylation is 1. The van der Waals surface area contributed by atoms with E-state index in [1.165, 1.54) is 11.8 Å². The molecule has 0 saturated heterocycles. The number of nitrogens with one attached hydrogen (secondary N) is 3. The van der Waals surface area contributed by atoms with Gasteiger partial charge in [-0.15, -0.1) is 11.8 Å². The number of carbonyl (C=O) groups is 3. The second-order valence-corrected chi connectivity index (χ2v) is 10.6. The van der Waals surface area contributed by atoms with E-state index in [-0.39, 0.29) is 23.3 Å². The maximum absolute atomic E-state index is 13.2. The van der Waals surface area contributed by atoms with Gasteiger partial charge in [0.15, 0.2) is 0 Å². The van der Waals surface area contributed by atoms with Crippen molar-refractivity contribution in [1.82, 2.24) is 5.32 Å². The van der Waals surface area contributed by atoms with Crippen LogP contribution in [0.25, 0.3) is 6.08 Å². The average molecular weight is 591 g/mol. The fourth-order valence-corrected chi connectivity index (χ4v) is 4.52. The molecule has 4 aromatic rings. The van der Waals surface area contributed by atoms with Gasteiger partial charge in [0.2, 0.25) is 5.91 Å². The first-order chi connectivity index (χ1) is 19.3. The van der Waals surface area contributed by atoms with Crippen molar-refractivity contribution in [3.05, 3.63) is 129 Å². The molecular weight excluding hydrogens is 565 g/mol. The fourth-order valence-electron chi connectivity index (χ4n) is 3.52. The van der Waals surface area contributed by atoms with Crippen molar-refractivity contribution in [2.75, 3.05) is 16.4 Å². The van der Waals surface area contributed by atoms with Crippen molar-refractivity contribution in [2.45, 2.75) is 11.8 Å². The molecule has 4 rings (SSSR count). The maximum Gasteiger partial charge on any atom is 0.272 e. The highest BCUT2D eigenvalue weighted by atomic mass is 35.5. The molecule has 0 aliphatic heterocycles. The van der Waals surface area contributed by atoms with Gasteiger partial charge in [0.25, 0.3) is 11.8 Å². The monoisotopic (exact) mass is 589 g/mol.